The van der Waals surface area contributed by atoms with E-state index in [0.29, 0.717) is 5.56 Å². The number of nitro groups is 1. The maximum absolute atomic E-state index is 13.6. The van der Waals surface area contributed by atoms with Crippen molar-refractivity contribution in [2.75, 3.05) is 13.7 Å². The first-order valence-corrected chi connectivity index (χ1v) is 8.02. The van der Waals surface area contributed by atoms with Gasteiger partial charge in [0, 0.05) is 19.2 Å². The standard InChI is InChI=1S/C17H19FN4O5/c1-11-17(22(25)26)12(2)21(19-11)9-16(24)27-10-15(23)20(3)8-13-6-4-5-7-14(13)18/h4-7H,8-10H2,1-3H3. The molecule has 0 radical (unpaired) electrons. The predicted molar refractivity (Wildman–Crippen MR) is 92.2 cm³/mol. The maximum atomic E-state index is 13.6. The Kier molecular flexibility index (Phi) is 6.22. The van der Waals surface area contributed by atoms with Gasteiger partial charge in [-0.2, -0.15) is 5.10 Å². The Hall–Kier alpha value is -3.30. The van der Waals surface area contributed by atoms with E-state index in [1.807, 2.05) is 0 Å². The van der Waals surface area contributed by atoms with Crippen molar-refractivity contribution >= 4 is 17.6 Å². The Labute approximate surface area is 154 Å². The van der Waals surface area contributed by atoms with Gasteiger partial charge in [-0.15, -0.1) is 0 Å². The second-order valence-electron chi connectivity index (χ2n) is 5.94. The Balaban J connectivity index is 1.90. The van der Waals surface area contributed by atoms with E-state index in [-0.39, 0.29) is 30.2 Å². The molecular weight excluding hydrogens is 359 g/mol. The lowest BCUT2D eigenvalue weighted by atomic mass is 10.2. The number of nitrogens with zero attached hydrogens (tertiary/aromatic N) is 4. The van der Waals surface area contributed by atoms with Gasteiger partial charge in [-0.3, -0.25) is 24.4 Å². The van der Waals surface area contributed by atoms with Gasteiger partial charge in [-0.25, -0.2) is 4.39 Å². The van der Waals surface area contributed by atoms with E-state index in [0.717, 1.165) is 4.68 Å². The molecule has 0 aliphatic rings. The normalized spacial score (nSPS) is 10.5. The van der Waals surface area contributed by atoms with Gasteiger partial charge < -0.3 is 9.64 Å². The first-order valence-electron chi connectivity index (χ1n) is 8.02. The van der Waals surface area contributed by atoms with Crippen LogP contribution in [0.25, 0.3) is 0 Å². The predicted octanol–water partition coefficient (Wildman–Crippen LogP) is 1.75. The third kappa shape index (κ3) is 4.87. The minimum absolute atomic E-state index is 0.0344. The molecule has 0 unspecified atom stereocenters. The van der Waals surface area contributed by atoms with Crippen LogP contribution < -0.4 is 0 Å². The van der Waals surface area contributed by atoms with Crippen LogP contribution in [0.5, 0.6) is 0 Å². The van der Waals surface area contributed by atoms with Crippen molar-refractivity contribution in [1.29, 1.82) is 0 Å². The summed E-state index contributed by atoms with van der Waals surface area (Å²) in [6.45, 7) is 2.09. The summed E-state index contributed by atoms with van der Waals surface area (Å²) >= 11 is 0. The number of amides is 1. The summed E-state index contributed by atoms with van der Waals surface area (Å²) in [6.07, 6.45) is 0. The highest BCUT2D eigenvalue weighted by Crippen LogP contribution is 2.21. The summed E-state index contributed by atoms with van der Waals surface area (Å²) in [4.78, 5) is 35.6. The van der Waals surface area contributed by atoms with Gasteiger partial charge in [0.2, 0.25) is 0 Å². The quantitative estimate of drug-likeness (QED) is 0.413. The van der Waals surface area contributed by atoms with E-state index in [1.165, 1.54) is 31.9 Å². The zero-order valence-corrected chi connectivity index (χ0v) is 15.1. The number of carbonyl (C=O) groups excluding carboxylic acids is 2. The number of halogens is 1. The van der Waals surface area contributed by atoms with Crippen LogP contribution in [-0.2, 0) is 27.4 Å². The highest BCUT2D eigenvalue weighted by atomic mass is 19.1. The molecule has 1 aromatic carbocycles. The maximum Gasteiger partial charge on any atom is 0.328 e. The summed E-state index contributed by atoms with van der Waals surface area (Å²) in [5.74, 6) is -1.70. The van der Waals surface area contributed by atoms with Crippen molar-refractivity contribution in [3.8, 4) is 0 Å². The number of carbonyl (C=O) groups is 2. The average molecular weight is 378 g/mol. The number of rotatable bonds is 7. The Morgan fingerprint density at radius 2 is 2.00 bits per heavy atom. The van der Waals surface area contributed by atoms with Crippen molar-refractivity contribution in [1.82, 2.24) is 14.7 Å². The van der Waals surface area contributed by atoms with Crippen LogP contribution in [0.1, 0.15) is 17.0 Å². The zero-order chi connectivity index (χ0) is 20.1. The Morgan fingerprint density at radius 3 is 2.59 bits per heavy atom. The number of aromatic nitrogens is 2. The molecule has 27 heavy (non-hydrogen) atoms. The fraction of sp³-hybridized carbons (Fsp3) is 0.353. The van der Waals surface area contributed by atoms with Crippen molar-refractivity contribution < 1.29 is 23.6 Å². The van der Waals surface area contributed by atoms with Gasteiger partial charge in [0.15, 0.2) is 6.61 Å². The van der Waals surface area contributed by atoms with Gasteiger partial charge in [-0.1, -0.05) is 18.2 Å². The molecule has 0 atom stereocenters. The van der Waals surface area contributed by atoms with Crippen LogP contribution in [0.15, 0.2) is 24.3 Å². The lowest BCUT2D eigenvalue weighted by Gasteiger charge is -2.17. The van der Waals surface area contributed by atoms with Crippen LogP contribution in [0.2, 0.25) is 0 Å². The van der Waals surface area contributed by atoms with Gasteiger partial charge in [0.05, 0.1) is 4.92 Å². The molecule has 0 bridgehead atoms. The van der Waals surface area contributed by atoms with E-state index in [1.54, 1.807) is 18.2 Å². The molecular formula is C17H19FN4O5. The number of aryl methyl sites for hydroxylation is 1. The number of hydrogen-bond acceptors (Lipinski definition) is 6. The number of esters is 1. The molecule has 1 aromatic heterocycles. The van der Waals surface area contributed by atoms with Crippen molar-refractivity contribution in [3.05, 3.63) is 57.1 Å². The molecule has 9 nitrogen and oxygen atoms in total. The van der Waals surface area contributed by atoms with Gasteiger partial charge in [-0.05, 0) is 19.9 Å². The third-order valence-electron chi connectivity index (χ3n) is 3.95. The average Bonchev–Trinajstić information content (AvgIpc) is 2.88. The number of ether oxygens (including phenoxy) is 1. The summed E-state index contributed by atoms with van der Waals surface area (Å²) in [5, 5.41) is 14.9. The smallest absolute Gasteiger partial charge is 0.328 e. The van der Waals surface area contributed by atoms with Crippen molar-refractivity contribution in [2.24, 2.45) is 0 Å². The molecule has 0 fully saturated rings. The molecule has 0 aliphatic carbocycles. The molecule has 0 spiro atoms. The first-order chi connectivity index (χ1) is 12.7. The molecule has 2 rings (SSSR count). The molecule has 1 amide bonds. The van der Waals surface area contributed by atoms with E-state index in [9.17, 15) is 24.1 Å². The van der Waals surface area contributed by atoms with Gasteiger partial charge >= 0.3 is 11.7 Å². The monoisotopic (exact) mass is 378 g/mol. The molecule has 144 valence electrons. The van der Waals surface area contributed by atoms with E-state index in [4.69, 9.17) is 4.74 Å². The topological polar surface area (TPSA) is 108 Å². The molecule has 2 aromatic rings. The van der Waals surface area contributed by atoms with Gasteiger partial charge in [0.25, 0.3) is 5.91 Å². The highest BCUT2D eigenvalue weighted by Gasteiger charge is 2.23. The lowest BCUT2D eigenvalue weighted by molar-refractivity contribution is -0.386. The number of hydrogen-bond donors (Lipinski definition) is 0. The second-order valence-corrected chi connectivity index (χ2v) is 5.94. The largest absolute Gasteiger partial charge is 0.454 e. The Morgan fingerprint density at radius 1 is 1.33 bits per heavy atom. The molecule has 0 N–H and O–H groups in total. The number of benzene rings is 1. The van der Waals surface area contributed by atoms with Crippen LogP contribution in [0, 0.1) is 29.8 Å². The fourth-order valence-corrected chi connectivity index (χ4v) is 2.50. The van der Waals surface area contributed by atoms with Crippen LogP contribution in [-0.4, -0.2) is 45.1 Å². The van der Waals surface area contributed by atoms with Crippen molar-refractivity contribution in [3.63, 3.8) is 0 Å². The van der Waals surface area contributed by atoms with E-state index >= 15 is 0 Å². The van der Waals surface area contributed by atoms with Crippen molar-refractivity contribution in [2.45, 2.75) is 26.9 Å². The van der Waals surface area contributed by atoms with E-state index in [2.05, 4.69) is 5.10 Å². The molecule has 10 heteroatoms. The lowest BCUT2D eigenvalue weighted by Crippen LogP contribution is -2.31. The first kappa shape index (κ1) is 20.0. The summed E-state index contributed by atoms with van der Waals surface area (Å²) in [7, 11) is 1.47. The SMILES string of the molecule is Cc1nn(CC(=O)OCC(=O)N(C)Cc2ccccc2F)c(C)c1[N+](=O)[O-]. The minimum atomic E-state index is -0.761. The van der Waals surface area contributed by atoms with Crippen LogP contribution in [0.4, 0.5) is 10.1 Å². The third-order valence-corrected chi connectivity index (χ3v) is 3.95. The van der Waals surface area contributed by atoms with Crippen LogP contribution in [0.3, 0.4) is 0 Å². The summed E-state index contributed by atoms with van der Waals surface area (Å²) in [6, 6.07) is 6.05. The van der Waals surface area contributed by atoms with E-state index < -0.39 is 29.2 Å². The minimum Gasteiger partial charge on any atom is -0.454 e. The summed E-state index contributed by atoms with van der Waals surface area (Å²) < 4.78 is 19.7. The van der Waals surface area contributed by atoms with Gasteiger partial charge in [0.1, 0.15) is 23.7 Å². The number of likely N-dealkylation sites (N-methyl/N-ethyl adjacent to an activating group) is 1. The molecule has 1 heterocycles. The fourth-order valence-electron chi connectivity index (χ4n) is 2.50. The van der Waals surface area contributed by atoms with Crippen LogP contribution >= 0.6 is 0 Å². The highest BCUT2D eigenvalue weighted by molar-refractivity contribution is 5.80. The molecule has 0 saturated heterocycles. The Bertz CT molecular complexity index is 880. The summed E-state index contributed by atoms with van der Waals surface area (Å²) in [5.41, 5.74) is 0.585. The molecule has 0 aliphatic heterocycles. The second kappa shape index (κ2) is 8.39. The zero-order valence-electron chi connectivity index (χ0n) is 15.1. The molecule has 0 saturated carbocycles.